The average Bonchev–Trinajstić information content (AvgIpc) is 2.39. The van der Waals surface area contributed by atoms with E-state index < -0.39 is 16.2 Å². The first-order valence-corrected chi connectivity index (χ1v) is 7.40. The number of carbonyl (C=O) groups is 1. The number of carboxylic acid groups (broad SMARTS) is 1. The molecule has 1 aromatic heterocycles. The molecule has 104 valence electrons. The lowest BCUT2D eigenvalue weighted by Crippen LogP contribution is -2.39. The molecule has 1 fully saturated rings. The minimum absolute atomic E-state index is 0.196. The van der Waals surface area contributed by atoms with Crippen LogP contribution in [0.1, 0.15) is 29.8 Å². The van der Waals surface area contributed by atoms with Gasteiger partial charge in [-0.3, -0.25) is 4.72 Å². The van der Waals surface area contributed by atoms with E-state index in [9.17, 15) is 13.2 Å². The fraction of sp³-hybridized carbons (Fsp3) is 0.455. The molecule has 19 heavy (non-hydrogen) atoms. The Morgan fingerprint density at radius 1 is 1.32 bits per heavy atom. The Kier molecular flexibility index (Phi) is 4.01. The molecule has 0 spiro atoms. The zero-order valence-electron chi connectivity index (χ0n) is 10.2. The Morgan fingerprint density at radius 3 is 2.63 bits per heavy atom. The van der Waals surface area contributed by atoms with Crippen LogP contribution in [0.2, 0.25) is 0 Å². The first-order valence-electron chi connectivity index (χ1n) is 5.96. The number of pyridine rings is 1. The molecule has 8 heteroatoms. The molecule has 2 heterocycles. The van der Waals surface area contributed by atoms with Crippen molar-refractivity contribution in [2.24, 2.45) is 0 Å². The molecule has 0 aliphatic carbocycles. The van der Waals surface area contributed by atoms with Crippen LogP contribution in [-0.2, 0) is 10.2 Å². The van der Waals surface area contributed by atoms with Crippen LogP contribution in [-0.4, -0.2) is 41.9 Å². The Labute approximate surface area is 111 Å². The molecule has 0 amide bonds. The van der Waals surface area contributed by atoms with Crippen LogP contribution < -0.4 is 4.72 Å². The number of anilines is 1. The quantitative estimate of drug-likeness (QED) is 0.857. The summed E-state index contributed by atoms with van der Waals surface area (Å²) in [6.07, 6.45) is 3.98. The zero-order valence-corrected chi connectivity index (χ0v) is 11.1. The fourth-order valence-corrected chi connectivity index (χ4v) is 3.22. The van der Waals surface area contributed by atoms with Gasteiger partial charge in [0.05, 0.1) is 5.69 Å². The zero-order chi connectivity index (χ0) is 13.9. The van der Waals surface area contributed by atoms with Crippen LogP contribution in [0.3, 0.4) is 0 Å². The van der Waals surface area contributed by atoms with E-state index in [1.165, 1.54) is 22.6 Å². The van der Waals surface area contributed by atoms with E-state index in [1.54, 1.807) is 0 Å². The van der Waals surface area contributed by atoms with E-state index in [0.29, 0.717) is 13.1 Å². The van der Waals surface area contributed by atoms with Crippen molar-refractivity contribution in [3.63, 3.8) is 0 Å². The molecule has 1 aliphatic heterocycles. The number of carboxylic acids is 1. The van der Waals surface area contributed by atoms with Crippen molar-refractivity contribution < 1.29 is 18.3 Å². The third-order valence-corrected chi connectivity index (χ3v) is 4.42. The maximum Gasteiger partial charge on any atom is 0.354 e. The van der Waals surface area contributed by atoms with Gasteiger partial charge in [0.2, 0.25) is 0 Å². The number of nitrogens with zero attached hydrogens (tertiary/aromatic N) is 2. The number of aromatic carboxylic acids is 1. The summed E-state index contributed by atoms with van der Waals surface area (Å²) in [4.78, 5) is 14.4. The Hall–Kier alpha value is -1.67. The Morgan fingerprint density at radius 2 is 2.00 bits per heavy atom. The number of hydrogen-bond acceptors (Lipinski definition) is 4. The Balaban J connectivity index is 2.15. The van der Waals surface area contributed by atoms with Crippen molar-refractivity contribution in [2.45, 2.75) is 19.3 Å². The van der Waals surface area contributed by atoms with Gasteiger partial charge in [-0.25, -0.2) is 9.78 Å². The maximum atomic E-state index is 12.1. The van der Waals surface area contributed by atoms with Crippen LogP contribution in [0.5, 0.6) is 0 Å². The molecule has 2 rings (SSSR count). The minimum Gasteiger partial charge on any atom is -0.477 e. The van der Waals surface area contributed by atoms with Gasteiger partial charge >= 0.3 is 16.2 Å². The average molecular weight is 285 g/mol. The van der Waals surface area contributed by atoms with E-state index >= 15 is 0 Å². The molecule has 0 unspecified atom stereocenters. The summed E-state index contributed by atoms with van der Waals surface area (Å²) >= 11 is 0. The predicted octanol–water partition coefficient (Wildman–Crippen LogP) is 0.922. The first kappa shape index (κ1) is 13.8. The molecular weight excluding hydrogens is 270 g/mol. The summed E-state index contributed by atoms with van der Waals surface area (Å²) in [6.45, 7) is 0.985. The molecule has 0 aromatic carbocycles. The largest absolute Gasteiger partial charge is 0.477 e. The lowest BCUT2D eigenvalue weighted by molar-refractivity contribution is 0.0690. The van der Waals surface area contributed by atoms with Crippen LogP contribution >= 0.6 is 0 Å². The summed E-state index contributed by atoms with van der Waals surface area (Å²) in [7, 11) is -3.62. The maximum absolute atomic E-state index is 12.1. The van der Waals surface area contributed by atoms with Gasteiger partial charge < -0.3 is 5.11 Å². The van der Waals surface area contributed by atoms with Gasteiger partial charge in [0, 0.05) is 19.3 Å². The summed E-state index contributed by atoms with van der Waals surface area (Å²) in [5, 5.41) is 8.81. The second kappa shape index (κ2) is 5.54. The molecule has 1 aliphatic rings. The van der Waals surface area contributed by atoms with Crippen molar-refractivity contribution in [3.05, 3.63) is 24.0 Å². The molecule has 2 N–H and O–H groups in total. The topological polar surface area (TPSA) is 99.6 Å². The molecule has 0 bridgehead atoms. The van der Waals surface area contributed by atoms with Crippen molar-refractivity contribution in [1.29, 1.82) is 0 Å². The summed E-state index contributed by atoms with van der Waals surface area (Å²) in [6, 6.07) is 2.62. The highest BCUT2D eigenvalue weighted by atomic mass is 32.2. The third kappa shape index (κ3) is 3.42. The van der Waals surface area contributed by atoms with E-state index in [0.717, 1.165) is 19.3 Å². The number of piperidine rings is 1. The SMILES string of the molecule is O=C(O)c1cc(NS(=O)(=O)N2CCCCC2)ccn1. The van der Waals surface area contributed by atoms with Gasteiger partial charge in [-0.15, -0.1) is 0 Å². The van der Waals surface area contributed by atoms with Gasteiger partial charge in [-0.05, 0) is 25.0 Å². The Bertz CT molecular complexity index is 567. The highest BCUT2D eigenvalue weighted by Gasteiger charge is 2.23. The van der Waals surface area contributed by atoms with Crippen LogP contribution in [0.25, 0.3) is 0 Å². The molecule has 1 aromatic rings. The molecule has 7 nitrogen and oxygen atoms in total. The van der Waals surface area contributed by atoms with Gasteiger partial charge in [0.1, 0.15) is 5.69 Å². The molecule has 1 saturated heterocycles. The first-order chi connectivity index (χ1) is 8.99. The fourth-order valence-electron chi connectivity index (χ4n) is 1.93. The monoisotopic (exact) mass is 285 g/mol. The standard InChI is InChI=1S/C11H15N3O4S/c15-11(16)10-8-9(4-5-12-10)13-19(17,18)14-6-2-1-3-7-14/h4-5,8H,1-3,6-7H2,(H,12,13)(H,15,16). The minimum atomic E-state index is -3.62. The summed E-state index contributed by atoms with van der Waals surface area (Å²) in [5.41, 5.74) is 0.0109. The molecular formula is C11H15N3O4S. The van der Waals surface area contributed by atoms with Gasteiger partial charge in [0.25, 0.3) is 0 Å². The molecule has 0 saturated carbocycles. The predicted molar refractivity (Wildman–Crippen MR) is 69.2 cm³/mol. The highest BCUT2D eigenvalue weighted by molar-refractivity contribution is 7.90. The molecule has 0 radical (unpaired) electrons. The second-order valence-electron chi connectivity index (χ2n) is 4.30. The van der Waals surface area contributed by atoms with Gasteiger partial charge in [-0.1, -0.05) is 6.42 Å². The number of nitrogens with one attached hydrogen (secondary N) is 1. The summed E-state index contributed by atoms with van der Waals surface area (Å²) < 4.78 is 27.9. The van der Waals surface area contributed by atoms with Gasteiger partial charge in [0.15, 0.2) is 0 Å². The number of hydrogen-bond donors (Lipinski definition) is 2. The third-order valence-electron chi connectivity index (χ3n) is 2.88. The lowest BCUT2D eigenvalue weighted by Gasteiger charge is -2.26. The van der Waals surface area contributed by atoms with E-state index in [1.807, 2.05) is 0 Å². The van der Waals surface area contributed by atoms with Crippen LogP contribution in [0.15, 0.2) is 18.3 Å². The molecule has 0 atom stereocenters. The van der Waals surface area contributed by atoms with Crippen molar-refractivity contribution in [1.82, 2.24) is 9.29 Å². The van der Waals surface area contributed by atoms with Crippen molar-refractivity contribution in [2.75, 3.05) is 17.8 Å². The van der Waals surface area contributed by atoms with E-state index in [2.05, 4.69) is 9.71 Å². The number of aromatic nitrogens is 1. The summed E-state index contributed by atoms with van der Waals surface area (Å²) in [5.74, 6) is -1.20. The van der Waals surface area contributed by atoms with Crippen LogP contribution in [0.4, 0.5) is 5.69 Å². The van der Waals surface area contributed by atoms with Crippen molar-refractivity contribution >= 4 is 21.9 Å². The van der Waals surface area contributed by atoms with E-state index in [-0.39, 0.29) is 11.4 Å². The number of rotatable bonds is 4. The highest BCUT2D eigenvalue weighted by Crippen LogP contribution is 2.16. The van der Waals surface area contributed by atoms with Crippen LogP contribution in [0, 0.1) is 0 Å². The van der Waals surface area contributed by atoms with E-state index in [4.69, 9.17) is 5.11 Å². The lowest BCUT2D eigenvalue weighted by atomic mass is 10.2. The normalized spacial score (nSPS) is 17.1. The smallest absolute Gasteiger partial charge is 0.354 e. The van der Waals surface area contributed by atoms with Gasteiger partial charge in [-0.2, -0.15) is 12.7 Å². The second-order valence-corrected chi connectivity index (χ2v) is 5.97. The van der Waals surface area contributed by atoms with Crippen molar-refractivity contribution in [3.8, 4) is 0 Å².